The molecule has 0 radical (unpaired) electrons. The van der Waals surface area contributed by atoms with Crippen LogP contribution < -0.4 is 0 Å². The summed E-state index contributed by atoms with van der Waals surface area (Å²) < 4.78 is 30.5. The molecule has 3 saturated carbocycles. The van der Waals surface area contributed by atoms with E-state index in [1.807, 2.05) is 0 Å². The van der Waals surface area contributed by atoms with Crippen LogP contribution in [0.3, 0.4) is 0 Å². The second-order valence-electron chi connectivity index (χ2n) is 8.70. The molecule has 25 heavy (non-hydrogen) atoms. The third kappa shape index (κ3) is 2.53. The summed E-state index contributed by atoms with van der Waals surface area (Å²) in [6.07, 6.45) is 7.79. The fourth-order valence-electron chi connectivity index (χ4n) is 6.61. The summed E-state index contributed by atoms with van der Waals surface area (Å²) in [5.41, 5.74) is 0.372. The van der Waals surface area contributed by atoms with Crippen LogP contribution >= 0.6 is 0 Å². The first-order valence-corrected chi connectivity index (χ1v) is 9.54. The zero-order chi connectivity index (χ0) is 17.8. The van der Waals surface area contributed by atoms with Gasteiger partial charge in [0.05, 0.1) is 6.61 Å². The quantitative estimate of drug-likeness (QED) is 0.760. The molecule has 5 atom stereocenters. The van der Waals surface area contributed by atoms with Crippen molar-refractivity contribution >= 4 is 11.6 Å². The molecule has 0 heterocycles. The number of rotatable bonds is 3. The lowest BCUT2D eigenvalue weighted by Crippen LogP contribution is -2.53. The first-order chi connectivity index (χ1) is 11.9. The molecule has 138 valence electrons. The summed E-state index contributed by atoms with van der Waals surface area (Å²) in [6.45, 7) is -0.667. The fourth-order valence-corrected chi connectivity index (χ4v) is 6.61. The van der Waals surface area contributed by atoms with Crippen molar-refractivity contribution in [1.29, 1.82) is 0 Å². The highest BCUT2D eigenvalue weighted by molar-refractivity contribution is 5.91. The number of carbonyl (C=O) groups excluding carboxylic acids is 2. The van der Waals surface area contributed by atoms with Crippen molar-refractivity contribution in [3.8, 4) is 0 Å². The zero-order valence-electron chi connectivity index (χ0n) is 14.7. The number of fused-ring (bicyclic) bond motifs is 5. The van der Waals surface area contributed by atoms with Crippen LogP contribution in [0.25, 0.3) is 0 Å². The molecule has 5 heteroatoms. The molecule has 0 N–H and O–H groups in total. The average molecular weight is 352 g/mol. The predicted molar refractivity (Wildman–Crippen MR) is 88.0 cm³/mol. The van der Waals surface area contributed by atoms with Crippen LogP contribution in [-0.4, -0.2) is 24.8 Å². The molecule has 0 bridgehead atoms. The van der Waals surface area contributed by atoms with Gasteiger partial charge < -0.3 is 4.74 Å². The van der Waals surface area contributed by atoms with Crippen LogP contribution in [0.15, 0.2) is 11.6 Å². The van der Waals surface area contributed by atoms with E-state index in [2.05, 4.69) is 6.92 Å². The minimum atomic E-state index is -2.78. The van der Waals surface area contributed by atoms with E-state index >= 15 is 0 Å². The van der Waals surface area contributed by atoms with Gasteiger partial charge in [0.1, 0.15) is 5.78 Å². The highest BCUT2D eigenvalue weighted by atomic mass is 19.3. The standard InChI is InChI=1S/C20H26F2O3/c1-19-8-7-16-14(15(19)4-5-17(19)24)3-2-12-10-13(23)6-9-20(12,16)11-25-18(21)22/h10,14-16,18H,2-9,11H2,1H3/t14-,15-,16-,19-,20+/m0/s1. The smallest absolute Gasteiger partial charge is 0.322 e. The SMILES string of the molecule is C[C@]12CC[C@H]3[C@@H](CCC4=CC(=O)CC[C@@]43COC(F)F)[C@@H]1CCC2=O. The van der Waals surface area contributed by atoms with Gasteiger partial charge in [-0.05, 0) is 62.4 Å². The summed E-state index contributed by atoms with van der Waals surface area (Å²) in [6, 6.07) is 0. The van der Waals surface area contributed by atoms with Crippen LogP contribution in [0.2, 0.25) is 0 Å². The maximum atomic E-state index is 12.8. The minimum Gasteiger partial charge on any atom is -0.322 e. The van der Waals surface area contributed by atoms with Crippen LogP contribution in [0.4, 0.5) is 8.78 Å². The highest BCUT2D eigenvalue weighted by Crippen LogP contribution is 2.64. The summed E-state index contributed by atoms with van der Waals surface area (Å²) in [5, 5.41) is 0. The van der Waals surface area contributed by atoms with Crippen LogP contribution in [0.5, 0.6) is 0 Å². The second kappa shape index (κ2) is 5.97. The van der Waals surface area contributed by atoms with E-state index in [0.29, 0.717) is 36.9 Å². The van der Waals surface area contributed by atoms with E-state index in [0.717, 1.165) is 37.7 Å². The number of ketones is 2. The summed E-state index contributed by atoms with van der Waals surface area (Å²) in [7, 11) is 0. The maximum Gasteiger partial charge on any atom is 0.345 e. The predicted octanol–water partition coefficient (Wildman–Crippen LogP) is 4.31. The molecule has 0 saturated heterocycles. The van der Waals surface area contributed by atoms with Crippen LogP contribution in [0.1, 0.15) is 58.3 Å². The van der Waals surface area contributed by atoms with E-state index in [1.165, 1.54) is 0 Å². The molecular weight excluding hydrogens is 326 g/mol. The Kier molecular flexibility index (Phi) is 4.13. The molecular formula is C20H26F2O3. The monoisotopic (exact) mass is 352 g/mol. The highest BCUT2D eigenvalue weighted by Gasteiger charge is 2.60. The van der Waals surface area contributed by atoms with Gasteiger partial charge in [-0.25, -0.2) is 0 Å². The minimum absolute atomic E-state index is 0.00231. The lowest BCUT2D eigenvalue weighted by Gasteiger charge is -2.57. The van der Waals surface area contributed by atoms with Gasteiger partial charge in [-0.3, -0.25) is 9.59 Å². The molecule has 0 aliphatic heterocycles. The van der Waals surface area contributed by atoms with Gasteiger partial charge >= 0.3 is 6.61 Å². The molecule has 0 amide bonds. The van der Waals surface area contributed by atoms with Gasteiger partial charge in [0.2, 0.25) is 0 Å². The van der Waals surface area contributed by atoms with Gasteiger partial charge in [0, 0.05) is 23.7 Å². The molecule has 0 aromatic carbocycles. The van der Waals surface area contributed by atoms with E-state index in [9.17, 15) is 18.4 Å². The largest absolute Gasteiger partial charge is 0.345 e. The zero-order valence-corrected chi connectivity index (χ0v) is 14.7. The Bertz CT molecular complexity index is 628. The van der Waals surface area contributed by atoms with Crippen LogP contribution in [0, 0.1) is 28.6 Å². The van der Waals surface area contributed by atoms with E-state index in [1.54, 1.807) is 6.08 Å². The van der Waals surface area contributed by atoms with Crippen molar-refractivity contribution in [2.75, 3.05) is 6.61 Å². The van der Waals surface area contributed by atoms with E-state index in [-0.39, 0.29) is 23.7 Å². The molecule has 0 unspecified atom stereocenters. The van der Waals surface area contributed by atoms with Crippen molar-refractivity contribution in [3.05, 3.63) is 11.6 Å². The van der Waals surface area contributed by atoms with Crippen molar-refractivity contribution < 1.29 is 23.1 Å². The molecule has 4 aliphatic carbocycles. The molecule has 0 spiro atoms. The molecule has 0 aromatic heterocycles. The van der Waals surface area contributed by atoms with Gasteiger partial charge in [-0.1, -0.05) is 12.5 Å². The summed E-state index contributed by atoms with van der Waals surface area (Å²) >= 11 is 0. The van der Waals surface area contributed by atoms with Gasteiger partial charge in [0.15, 0.2) is 5.78 Å². The van der Waals surface area contributed by atoms with Gasteiger partial charge in [-0.2, -0.15) is 8.78 Å². The molecule has 4 aliphatic rings. The second-order valence-corrected chi connectivity index (χ2v) is 8.70. The van der Waals surface area contributed by atoms with E-state index < -0.39 is 12.0 Å². The van der Waals surface area contributed by atoms with Crippen molar-refractivity contribution in [1.82, 2.24) is 0 Å². The maximum absolute atomic E-state index is 12.8. The lowest BCUT2D eigenvalue weighted by atomic mass is 9.47. The average Bonchev–Trinajstić information content (AvgIpc) is 2.88. The Morgan fingerprint density at radius 3 is 2.68 bits per heavy atom. The van der Waals surface area contributed by atoms with E-state index in [4.69, 9.17) is 4.74 Å². The third-order valence-electron chi connectivity index (χ3n) is 7.86. The number of carbonyl (C=O) groups is 2. The number of hydrogen-bond donors (Lipinski definition) is 0. The van der Waals surface area contributed by atoms with Crippen molar-refractivity contribution in [3.63, 3.8) is 0 Å². The topological polar surface area (TPSA) is 43.4 Å². The molecule has 3 nitrogen and oxygen atoms in total. The lowest BCUT2D eigenvalue weighted by molar-refractivity contribution is -0.171. The van der Waals surface area contributed by atoms with Gasteiger partial charge in [-0.15, -0.1) is 0 Å². The first kappa shape index (κ1) is 17.3. The van der Waals surface area contributed by atoms with Crippen molar-refractivity contribution in [2.45, 2.75) is 64.9 Å². The van der Waals surface area contributed by atoms with Crippen molar-refractivity contribution in [2.24, 2.45) is 28.6 Å². The van der Waals surface area contributed by atoms with Gasteiger partial charge in [0.25, 0.3) is 0 Å². The normalized spacial score (nSPS) is 43.5. The summed E-state index contributed by atoms with van der Waals surface area (Å²) in [5.74, 6) is 1.49. The molecule has 3 fully saturated rings. The Morgan fingerprint density at radius 2 is 1.92 bits per heavy atom. The third-order valence-corrected chi connectivity index (χ3v) is 7.86. The number of ether oxygens (including phenoxy) is 1. The number of hydrogen-bond acceptors (Lipinski definition) is 3. The number of Topliss-reactive ketones (excluding diaryl/α,β-unsaturated/α-hetero) is 1. The first-order valence-electron chi connectivity index (χ1n) is 9.54. The fraction of sp³-hybridized carbons (Fsp3) is 0.800. The Balaban J connectivity index is 1.69. The summed E-state index contributed by atoms with van der Waals surface area (Å²) in [4.78, 5) is 24.4. The number of halogens is 2. The Labute approximate surface area is 147 Å². The molecule has 4 rings (SSSR count). The molecule has 0 aromatic rings. The van der Waals surface area contributed by atoms with Crippen LogP contribution in [-0.2, 0) is 14.3 Å². The Hall–Kier alpha value is -1.10. The Morgan fingerprint density at radius 1 is 1.12 bits per heavy atom. The number of alkyl halides is 2.